The van der Waals surface area contributed by atoms with Gasteiger partial charge in [-0.05, 0) is 56.2 Å². The topological polar surface area (TPSA) is 70.5 Å². The molecule has 3 aromatic rings. The fourth-order valence-electron chi connectivity index (χ4n) is 4.05. The molecule has 1 aliphatic rings. The Morgan fingerprint density at radius 1 is 1.03 bits per heavy atom. The van der Waals surface area contributed by atoms with Crippen LogP contribution in [0.1, 0.15) is 27.2 Å². The van der Waals surface area contributed by atoms with Crippen molar-refractivity contribution in [2.24, 2.45) is 0 Å². The highest BCUT2D eigenvalue weighted by Crippen LogP contribution is 2.20. The Morgan fingerprint density at radius 3 is 2.48 bits per heavy atom. The number of nitrogens with zero attached hydrogens (tertiary/aromatic N) is 4. The second-order valence-electron chi connectivity index (χ2n) is 8.40. The molecule has 0 saturated carbocycles. The van der Waals surface area contributed by atoms with Crippen LogP contribution < -0.4 is 5.32 Å². The van der Waals surface area contributed by atoms with E-state index in [0.717, 1.165) is 28.2 Å². The van der Waals surface area contributed by atoms with Crippen molar-refractivity contribution in [3.8, 4) is 5.69 Å². The molecule has 0 radical (unpaired) electrons. The monoisotopic (exact) mass is 465 g/mol. The smallest absolute Gasteiger partial charge is 0.257 e. The van der Waals surface area contributed by atoms with Gasteiger partial charge in [-0.15, -0.1) is 0 Å². The van der Waals surface area contributed by atoms with Crippen LogP contribution in [-0.2, 0) is 4.79 Å². The van der Waals surface area contributed by atoms with Crippen LogP contribution in [-0.4, -0.2) is 64.1 Å². The number of aryl methyl sites for hydroxylation is 1. The van der Waals surface area contributed by atoms with Gasteiger partial charge < -0.3 is 10.2 Å². The highest BCUT2D eigenvalue weighted by atomic mass is 35.5. The van der Waals surface area contributed by atoms with Crippen LogP contribution in [0, 0.1) is 20.8 Å². The van der Waals surface area contributed by atoms with Crippen molar-refractivity contribution in [3.63, 3.8) is 0 Å². The molecule has 1 N–H and O–H groups in total. The Bertz CT molecular complexity index is 1180. The number of carbonyl (C=O) groups is 2. The average molecular weight is 466 g/mol. The molecule has 1 saturated heterocycles. The van der Waals surface area contributed by atoms with E-state index in [-0.39, 0.29) is 11.8 Å². The van der Waals surface area contributed by atoms with Crippen LogP contribution in [0.25, 0.3) is 5.69 Å². The van der Waals surface area contributed by atoms with Gasteiger partial charge in [0.25, 0.3) is 5.91 Å². The molecule has 0 bridgehead atoms. The zero-order valence-corrected chi connectivity index (χ0v) is 19.9. The SMILES string of the molecule is Cc1cccc(NC(=O)CN2CCN(C(=O)c3cnn(-c4cccc(Cl)c4)c3C)CC2)c1C. The maximum absolute atomic E-state index is 13.1. The predicted molar refractivity (Wildman–Crippen MR) is 130 cm³/mol. The number of nitrogens with one attached hydrogen (secondary N) is 1. The van der Waals surface area contributed by atoms with Crippen molar-refractivity contribution >= 4 is 29.1 Å². The summed E-state index contributed by atoms with van der Waals surface area (Å²) in [4.78, 5) is 29.6. The highest BCUT2D eigenvalue weighted by molar-refractivity contribution is 6.30. The Balaban J connectivity index is 1.34. The van der Waals surface area contributed by atoms with Gasteiger partial charge >= 0.3 is 0 Å². The fourth-order valence-corrected chi connectivity index (χ4v) is 4.23. The zero-order valence-electron chi connectivity index (χ0n) is 19.1. The first-order chi connectivity index (χ1) is 15.8. The number of amides is 2. The molecule has 33 heavy (non-hydrogen) atoms. The lowest BCUT2D eigenvalue weighted by molar-refractivity contribution is -0.117. The van der Waals surface area contributed by atoms with Gasteiger partial charge in [-0.25, -0.2) is 4.68 Å². The van der Waals surface area contributed by atoms with Gasteiger partial charge in [0.05, 0.1) is 29.7 Å². The molecule has 4 rings (SSSR count). The number of anilines is 1. The number of hydrogen-bond donors (Lipinski definition) is 1. The molecule has 2 aromatic carbocycles. The van der Waals surface area contributed by atoms with Crippen molar-refractivity contribution in [1.82, 2.24) is 19.6 Å². The van der Waals surface area contributed by atoms with Crippen LogP contribution in [0.5, 0.6) is 0 Å². The molecule has 172 valence electrons. The molecule has 8 heteroatoms. The largest absolute Gasteiger partial charge is 0.336 e. The fraction of sp³-hybridized carbons (Fsp3) is 0.320. The third kappa shape index (κ3) is 5.10. The minimum Gasteiger partial charge on any atom is -0.336 e. The van der Waals surface area contributed by atoms with Crippen LogP contribution in [0.15, 0.2) is 48.7 Å². The highest BCUT2D eigenvalue weighted by Gasteiger charge is 2.26. The van der Waals surface area contributed by atoms with E-state index in [9.17, 15) is 9.59 Å². The summed E-state index contributed by atoms with van der Waals surface area (Å²) in [6, 6.07) is 13.3. The summed E-state index contributed by atoms with van der Waals surface area (Å²) in [5.74, 6) is -0.0811. The summed E-state index contributed by atoms with van der Waals surface area (Å²) in [7, 11) is 0. The van der Waals surface area contributed by atoms with E-state index in [0.29, 0.717) is 43.3 Å². The quantitative estimate of drug-likeness (QED) is 0.621. The van der Waals surface area contributed by atoms with Crippen LogP contribution >= 0.6 is 11.6 Å². The molecule has 0 atom stereocenters. The maximum Gasteiger partial charge on any atom is 0.257 e. The molecular formula is C25H28ClN5O2. The Labute approximate surface area is 198 Å². The molecule has 2 heterocycles. The molecule has 1 aliphatic heterocycles. The minimum atomic E-state index is -0.0414. The van der Waals surface area contributed by atoms with Gasteiger partial charge in [0.15, 0.2) is 0 Å². The van der Waals surface area contributed by atoms with Crippen LogP contribution in [0.3, 0.4) is 0 Å². The second-order valence-corrected chi connectivity index (χ2v) is 8.84. The van der Waals surface area contributed by atoms with Gasteiger partial charge in [0.1, 0.15) is 0 Å². The van der Waals surface area contributed by atoms with Crippen molar-refractivity contribution in [2.75, 3.05) is 38.0 Å². The molecule has 0 unspecified atom stereocenters. The number of carbonyl (C=O) groups excluding carboxylic acids is 2. The molecule has 1 aromatic heterocycles. The van der Waals surface area contributed by atoms with Crippen molar-refractivity contribution in [2.45, 2.75) is 20.8 Å². The van der Waals surface area contributed by atoms with Crippen LogP contribution in [0.2, 0.25) is 5.02 Å². The third-order valence-electron chi connectivity index (χ3n) is 6.20. The molecule has 1 fully saturated rings. The van der Waals surface area contributed by atoms with Gasteiger partial charge in [0, 0.05) is 36.9 Å². The van der Waals surface area contributed by atoms with Crippen LogP contribution in [0.4, 0.5) is 5.69 Å². The van der Waals surface area contributed by atoms with E-state index < -0.39 is 0 Å². The van der Waals surface area contributed by atoms with Gasteiger partial charge in [-0.1, -0.05) is 29.8 Å². The summed E-state index contributed by atoms with van der Waals surface area (Å²) in [5, 5.41) is 8.02. The lowest BCUT2D eigenvalue weighted by atomic mass is 10.1. The first-order valence-corrected chi connectivity index (χ1v) is 11.4. The summed E-state index contributed by atoms with van der Waals surface area (Å²) in [6.07, 6.45) is 1.61. The Morgan fingerprint density at radius 2 is 1.76 bits per heavy atom. The number of hydrogen-bond acceptors (Lipinski definition) is 4. The maximum atomic E-state index is 13.1. The van der Waals surface area contributed by atoms with E-state index in [1.54, 1.807) is 16.9 Å². The van der Waals surface area contributed by atoms with Crippen molar-refractivity contribution in [1.29, 1.82) is 0 Å². The predicted octanol–water partition coefficient (Wildman–Crippen LogP) is 3.85. The van der Waals surface area contributed by atoms with E-state index in [4.69, 9.17) is 11.6 Å². The third-order valence-corrected chi connectivity index (χ3v) is 6.43. The van der Waals surface area contributed by atoms with E-state index in [2.05, 4.69) is 15.3 Å². The summed E-state index contributed by atoms with van der Waals surface area (Å²) in [5.41, 5.74) is 5.25. The number of aromatic nitrogens is 2. The normalized spacial score (nSPS) is 14.4. The number of rotatable bonds is 5. The Kier molecular flexibility index (Phi) is 6.81. The van der Waals surface area contributed by atoms with Gasteiger partial charge in [0.2, 0.25) is 5.91 Å². The number of benzene rings is 2. The summed E-state index contributed by atoms with van der Waals surface area (Å²) < 4.78 is 1.73. The molecule has 7 nitrogen and oxygen atoms in total. The van der Waals surface area contributed by atoms with Gasteiger partial charge in [-0.2, -0.15) is 5.10 Å². The lowest BCUT2D eigenvalue weighted by Crippen LogP contribution is -2.50. The number of piperazine rings is 1. The van der Waals surface area contributed by atoms with Crippen molar-refractivity contribution in [3.05, 3.63) is 76.1 Å². The standard InChI is InChI=1S/C25H28ClN5O2/c1-17-6-4-9-23(18(17)2)28-24(32)16-29-10-12-30(13-11-29)25(33)22-15-27-31(19(22)3)21-8-5-7-20(26)14-21/h4-9,14-15H,10-13,16H2,1-3H3,(H,28,32). The molecule has 0 spiro atoms. The summed E-state index contributed by atoms with van der Waals surface area (Å²) >= 11 is 6.10. The molecule has 0 aliphatic carbocycles. The minimum absolute atomic E-state index is 0.0397. The number of halogens is 1. The average Bonchev–Trinajstić information content (AvgIpc) is 3.18. The van der Waals surface area contributed by atoms with E-state index >= 15 is 0 Å². The summed E-state index contributed by atoms with van der Waals surface area (Å²) in [6.45, 7) is 8.65. The lowest BCUT2D eigenvalue weighted by Gasteiger charge is -2.34. The van der Waals surface area contributed by atoms with E-state index in [1.807, 2.05) is 62.1 Å². The molecule has 2 amide bonds. The van der Waals surface area contributed by atoms with E-state index in [1.165, 1.54) is 0 Å². The van der Waals surface area contributed by atoms with Crippen molar-refractivity contribution < 1.29 is 9.59 Å². The second kappa shape index (κ2) is 9.77. The first kappa shape index (κ1) is 23.0. The first-order valence-electron chi connectivity index (χ1n) is 11.0. The molecular weight excluding hydrogens is 438 g/mol. The zero-order chi connectivity index (χ0) is 23.5. The Hall–Kier alpha value is -3.16. The van der Waals surface area contributed by atoms with Gasteiger partial charge in [-0.3, -0.25) is 14.5 Å².